The van der Waals surface area contributed by atoms with Gasteiger partial charge in [-0.15, -0.1) is 0 Å². The minimum atomic E-state index is -6.88. The molecule has 3 saturated carbocycles. The summed E-state index contributed by atoms with van der Waals surface area (Å²) in [5, 5.41) is 19.6. The third kappa shape index (κ3) is 6.29. The van der Waals surface area contributed by atoms with Crippen LogP contribution in [0.2, 0.25) is 0 Å². The number of hydrogen-bond donors (Lipinski definition) is 2. The standard InChI is InChI=1S/C26H28F20O4/c1-9-10(2)15-6-14(9)17(29,21(15,30)31)7-18(22(32,33)34,23(35,36)37)50-8-49-13-4-11(19(47,16(27)28)24(38,39)40)3-12(5-13)20(48,25(41,42)43)26(44,45)46/h9-16,47-48H,3-8H2,1-2H3. The van der Waals surface area contributed by atoms with E-state index >= 15 is 13.2 Å². The van der Waals surface area contributed by atoms with E-state index in [4.69, 9.17) is 0 Å². The average Bonchev–Trinajstić information content (AvgIpc) is 3.32. The van der Waals surface area contributed by atoms with Crippen LogP contribution in [0.3, 0.4) is 0 Å². The Kier molecular flexibility index (Phi) is 10.7. The first kappa shape index (κ1) is 42.8. The van der Waals surface area contributed by atoms with E-state index in [9.17, 15) is 84.9 Å². The van der Waals surface area contributed by atoms with Crippen molar-refractivity contribution in [2.45, 2.75) is 118 Å². The van der Waals surface area contributed by atoms with E-state index in [0.717, 1.165) is 13.8 Å². The van der Waals surface area contributed by atoms with Gasteiger partial charge in [0.05, 0.1) is 6.10 Å². The number of rotatable bonds is 9. The molecular weight excluding hydrogens is 756 g/mol. The first-order chi connectivity index (χ1) is 22.0. The molecule has 3 aliphatic carbocycles. The second-order valence-corrected chi connectivity index (χ2v) is 13.2. The number of ether oxygens (including phenoxy) is 2. The van der Waals surface area contributed by atoms with Crippen LogP contribution in [0.25, 0.3) is 0 Å². The molecule has 0 aromatic carbocycles. The largest absolute Gasteiger partial charge is 0.426 e. The Morgan fingerprint density at radius 3 is 1.44 bits per heavy atom. The van der Waals surface area contributed by atoms with Crippen molar-refractivity contribution in [1.29, 1.82) is 0 Å². The molecule has 2 N–H and O–H groups in total. The molecule has 0 aromatic rings. The van der Waals surface area contributed by atoms with Gasteiger partial charge in [-0.2, -0.15) is 65.9 Å². The molecule has 2 bridgehead atoms. The molecule has 50 heavy (non-hydrogen) atoms. The van der Waals surface area contributed by atoms with Gasteiger partial charge in [0.1, 0.15) is 6.79 Å². The zero-order chi connectivity index (χ0) is 39.3. The predicted molar refractivity (Wildman–Crippen MR) is 124 cm³/mol. The summed E-state index contributed by atoms with van der Waals surface area (Å²) in [5.41, 5.74) is -22.1. The fraction of sp³-hybridized carbons (Fsp3) is 1.00. The molecule has 0 aliphatic heterocycles. The Bertz CT molecular complexity index is 1180. The number of fused-ring (bicyclic) bond motifs is 2. The van der Waals surface area contributed by atoms with Gasteiger partial charge < -0.3 is 19.7 Å². The third-order valence-corrected chi connectivity index (χ3v) is 10.8. The Morgan fingerprint density at radius 2 is 1.06 bits per heavy atom. The van der Waals surface area contributed by atoms with Crippen molar-refractivity contribution < 1.29 is 107 Å². The maximum atomic E-state index is 16.0. The molecule has 3 fully saturated rings. The fourth-order valence-electron chi connectivity index (χ4n) is 7.75. The third-order valence-electron chi connectivity index (χ3n) is 10.8. The number of alkyl halides is 20. The summed E-state index contributed by atoms with van der Waals surface area (Å²) in [7, 11) is 0. The summed E-state index contributed by atoms with van der Waals surface area (Å²) in [6.45, 7) is -0.447. The van der Waals surface area contributed by atoms with Crippen molar-refractivity contribution in [3.8, 4) is 0 Å². The van der Waals surface area contributed by atoms with Crippen LogP contribution in [0.15, 0.2) is 0 Å². The van der Waals surface area contributed by atoms with Gasteiger partial charge in [0.2, 0.25) is 5.60 Å². The molecule has 0 amide bonds. The van der Waals surface area contributed by atoms with Crippen LogP contribution >= 0.6 is 0 Å². The molecule has 3 rings (SSSR count). The normalized spacial score (nSPS) is 34.4. The van der Waals surface area contributed by atoms with E-state index < -0.39 is 146 Å². The first-order valence-electron chi connectivity index (χ1n) is 14.4. The summed E-state index contributed by atoms with van der Waals surface area (Å²) < 4.78 is 289. The van der Waals surface area contributed by atoms with Crippen LogP contribution in [0.4, 0.5) is 87.8 Å². The number of aliphatic hydroxyl groups is 2. The van der Waals surface area contributed by atoms with Crippen LogP contribution in [0.5, 0.6) is 0 Å². The topological polar surface area (TPSA) is 58.9 Å². The minimum absolute atomic E-state index is 0.869. The molecule has 0 saturated heterocycles. The quantitative estimate of drug-likeness (QED) is 0.182. The van der Waals surface area contributed by atoms with Crippen LogP contribution < -0.4 is 0 Å². The SMILES string of the molecule is CC1C(C)C2CC1C(F)(F)C2(F)CC(OCOC1CC(C(O)(C(F)F)C(F)(F)F)CC(C(O)(C(F)(F)F)C(F)(F)F)C1)(C(F)(F)F)C(F)(F)F. The molecule has 9 unspecified atom stereocenters. The minimum Gasteiger partial charge on any atom is -0.376 e. The van der Waals surface area contributed by atoms with E-state index in [1.54, 1.807) is 0 Å². The molecule has 4 nitrogen and oxygen atoms in total. The van der Waals surface area contributed by atoms with Gasteiger partial charge in [0.25, 0.3) is 23.6 Å². The Morgan fingerprint density at radius 1 is 0.620 bits per heavy atom. The smallest absolute Gasteiger partial charge is 0.376 e. The lowest BCUT2D eigenvalue weighted by Gasteiger charge is -2.49. The molecular formula is C26H28F20O4. The predicted octanol–water partition coefficient (Wildman–Crippen LogP) is 8.70. The molecule has 296 valence electrons. The summed E-state index contributed by atoms with van der Waals surface area (Å²) >= 11 is 0. The fourth-order valence-corrected chi connectivity index (χ4v) is 7.75. The van der Waals surface area contributed by atoms with Gasteiger partial charge in [-0.3, -0.25) is 0 Å². The van der Waals surface area contributed by atoms with Gasteiger partial charge in [-0.05, 0) is 37.5 Å². The first-order valence-corrected chi connectivity index (χ1v) is 14.4. The molecule has 0 aromatic heterocycles. The van der Waals surface area contributed by atoms with Crippen LogP contribution in [0, 0.1) is 35.5 Å². The zero-order valence-corrected chi connectivity index (χ0v) is 25.1. The maximum absolute atomic E-state index is 16.0. The molecule has 0 spiro atoms. The van der Waals surface area contributed by atoms with Gasteiger partial charge in [0, 0.05) is 30.1 Å². The average molecular weight is 784 g/mol. The second kappa shape index (κ2) is 12.5. The monoisotopic (exact) mass is 784 g/mol. The maximum Gasteiger partial charge on any atom is 0.426 e. The van der Waals surface area contributed by atoms with Crippen molar-refractivity contribution in [2.24, 2.45) is 35.5 Å². The van der Waals surface area contributed by atoms with Gasteiger partial charge in [0.15, 0.2) is 5.67 Å². The highest BCUT2D eigenvalue weighted by molar-refractivity contribution is 5.20. The van der Waals surface area contributed by atoms with Crippen LogP contribution in [-0.4, -0.2) is 88.8 Å². The van der Waals surface area contributed by atoms with Gasteiger partial charge >= 0.3 is 30.9 Å². The summed E-state index contributed by atoms with van der Waals surface area (Å²) in [5.74, 6) is -18.5. The van der Waals surface area contributed by atoms with Gasteiger partial charge in [-0.25, -0.2) is 22.0 Å². The van der Waals surface area contributed by atoms with Crippen molar-refractivity contribution in [2.75, 3.05) is 6.79 Å². The highest BCUT2D eigenvalue weighted by Crippen LogP contribution is 2.69. The van der Waals surface area contributed by atoms with Crippen molar-refractivity contribution >= 4 is 0 Å². The Hall–Kier alpha value is -1.56. The lowest BCUT2D eigenvalue weighted by Crippen LogP contribution is -2.66. The van der Waals surface area contributed by atoms with Crippen molar-refractivity contribution in [3.63, 3.8) is 0 Å². The van der Waals surface area contributed by atoms with E-state index in [0.29, 0.717) is 0 Å². The lowest BCUT2D eigenvalue weighted by molar-refractivity contribution is -0.412. The van der Waals surface area contributed by atoms with Crippen LogP contribution in [-0.2, 0) is 9.47 Å². The summed E-state index contributed by atoms with van der Waals surface area (Å²) in [6.07, 6.45) is -52.4. The molecule has 3 aliphatic rings. The molecule has 9 atom stereocenters. The summed E-state index contributed by atoms with van der Waals surface area (Å²) in [4.78, 5) is 0. The lowest BCUT2D eigenvalue weighted by atomic mass is 9.66. The van der Waals surface area contributed by atoms with Gasteiger partial charge in [-0.1, -0.05) is 13.8 Å². The number of hydrogen-bond acceptors (Lipinski definition) is 4. The summed E-state index contributed by atoms with van der Waals surface area (Å²) in [6, 6.07) is 0. The molecule has 0 heterocycles. The molecule has 24 heteroatoms. The second-order valence-electron chi connectivity index (χ2n) is 13.2. The van der Waals surface area contributed by atoms with E-state index in [2.05, 4.69) is 9.47 Å². The highest BCUT2D eigenvalue weighted by Gasteiger charge is 2.83. The Labute approximate surface area is 268 Å². The highest BCUT2D eigenvalue weighted by atomic mass is 19.4. The number of halogens is 20. The van der Waals surface area contributed by atoms with Crippen molar-refractivity contribution in [1.82, 2.24) is 0 Å². The molecule has 0 radical (unpaired) electrons. The van der Waals surface area contributed by atoms with E-state index in [1.165, 1.54) is 0 Å². The van der Waals surface area contributed by atoms with E-state index in [-0.39, 0.29) is 0 Å². The van der Waals surface area contributed by atoms with Crippen LogP contribution in [0.1, 0.15) is 46.0 Å². The van der Waals surface area contributed by atoms with Crippen molar-refractivity contribution in [3.05, 3.63) is 0 Å². The zero-order valence-electron chi connectivity index (χ0n) is 25.1. The Balaban J connectivity index is 2.06. The van der Waals surface area contributed by atoms with E-state index in [1.807, 2.05) is 0 Å².